The van der Waals surface area contributed by atoms with Gasteiger partial charge >= 0.3 is 0 Å². The van der Waals surface area contributed by atoms with Crippen molar-refractivity contribution in [2.45, 2.75) is 42.4 Å². The monoisotopic (exact) mass is 354 g/mol. The zero-order chi connectivity index (χ0) is 16.3. The molecule has 1 amide bonds. The smallest absolute Gasteiger partial charge is 0.250 e. The van der Waals surface area contributed by atoms with Gasteiger partial charge in [-0.05, 0) is 43.0 Å². The van der Waals surface area contributed by atoms with Gasteiger partial charge in [-0.15, -0.1) is 11.3 Å². The van der Waals surface area contributed by atoms with Crippen LogP contribution < -0.4 is 4.72 Å². The molecule has 1 saturated heterocycles. The van der Waals surface area contributed by atoms with E-state index in [0.29, 0.717) is 42.5 Å². The first kappa shape index (κ1) is 16.7. The number of carbonyl (C=O) groups excluding carboxylic acids is 1. The number of nitrogens with zero attached hydrogens (tertiary/aromatic N) is 1. The highest BCUT2D eigenvalue weighted by atomic mass is 32.2. The number of hydrogen-bond donors (Lipinski definition) is 1. The van der Waals surface area contributed by atoms with Crippen molar-refractivity contribution in [1.29, 1.82) is 0 Å². The third-order valence-corrected chi connectivity index (χ3v) is 7.40. The van der Waals surface area contributed by atoms with E-state index >= 15 is 0 Å². The summed E-state index contributed by atoms with van der Waals surface area (Å²) in [5, 5.41) is 1.76. The van der Waals surface area contributed by atoms with Crippen molar-refractivity contribution in [3.05, 3.63) is 29.7 Å². The van der Waals surface area contributed by atoms with Crippen molar-refractivity contribution in [1.82, 2.24) is 9.62 Å². The summed E-state index contributed by atoms with van der Waals surface area (Å²) in [5.41, 5.74) is 0. The minimum absolute atomic E-state index is 0.0856. The summed E-state index contributed by atoms with van der Waals surface area (Å²) in [6.07, 6.45) is 8.37. The first-order chi connectivity index (χ1) is 11.0. The van der Waals surface area contributed by atoms with Crippen LogP contribution >= 0.6 is 11.3 Å². The van der Waals surface area contributed by atoms with E-state index in [1.165, 1.54) is 11.3 Å². The Balaban J connectivity index is 1.48. The van der Waals surface area contributed by atoms with Crippen molar-refractivity contribution in [3.63, 3.8) is 0 Å². The lowest BCUT2D eigenvalue weighted by Gasteiger charge is -2.32. The Morgan fingerprint density at radius 3 is 2.70 bits per heavy atom. The van der Waals surface area contributed by atoms with Crippen molar-refractivity contribution < 1.29 is 13.2 Å². The molecule has 0 bridgehead atoms. The van der Waals surface area contributed by atoms with Crippen LogP contribution in [0.2, 0.25) is 0 Å². The van der Waals surface area contributed by atoms with Gasteiger partial charge in [-0.25, -0.2) is 13.1 Å². The van der Waals surface area contributed by atoms with Crippen LogP contribution in [0.4, 0.5) is 0 Å². The van der Waals surface area contributed by atoms with Gasteiger partial charge < -0.3 is 4.90 Å². The maximum atomic E-state index is 12.3. The summed E-state index contributed by atoms with van der Waals surface area (Å²) in [6.45, 7) is 1.26. The molecule has 5 nitrogen and oxygen atoms in total. The number of piperidine rings is 1. The molecule has 2 heterocycles. The number of amides is 1. The molecular formula is C16H22N2O3S2. The van der Waals surface area contributed by atoms with E-state index in [4.69, 9.17) is 0 Å². The summed E-state index contributed by atoms with van der Waals surface area (Å²) >= 11 is 1.22. The quantitative estimate of drug-likeness (QED) is 0.826. The highest BCUT2D eigenvalue weighted by Gasteiger charge is 2.28. The van der Waals surface area contributed by atoms with E-state index in [2.05, 4.69) is 16.9 Å². The Morgan fingerprint density at radius 2 is 2.09 bits per heavy atom. The highest BCUT2D eigenvalue weighted by molar-refractivity contribution is 7.91. The molecule has 2 aliphatic rings. The van der Waals surface area contributed by atoms with Crippen LogP contribution in [0.15, 0.2) is 33.9 Å². The zero-order valence-electron chi connectivity index (χ0n) is 13.0. The van der Waals surface area contributed by atoms with Crippen molar-refractivity contribution in [3.8, 4) is 0 Å². The fourth-order valence-electron chi connectivity index (χ4n) is 3.16. The number of sulfonamides is 1. The average molecular weight is 354 g/mol. The van der Waals surface area contributed by atoms with Crippen LogP contribution in [0, 0.1) is 5.92 Å². The number of rotatable bonds is 5. The molecule has 23 heavy (non-hydrogen) atoms. The summed E-state index contributed by atoms with van der Waals surface area (Å²) in [6, 6.07) is 3.26. The molecular weight excluding hydrogens is 332 g/mol. The number of nitrogens with one attached hydrogen (secondary N) is 1. The molecule has 0 saturated carbocycles. The van der Waals surface area contributed by atoms with E-state index in [9.17, 15) is 13.2 Å². The molecule has 3 rings (SSSR count). The van der Waals surface area contributed by atoms with Crippen LogP contribution in [0.5, 0.6) is 0 Å². The summed E-state index contributed by atoms with van der Waals surface area (Å²) in [4.78, 5) is 14.2. The van der Waals surface area contributed by atoms with Crippen molar-refractivity contribution >= 4 is 27.3 Å². The van der Waals surface area contributed by atoms with Crippen molar-refractivity contribution in [2.75, 3.05) is 13.1 Å². The fraction of sp³-hybridized carbons (Fsp3) is 0.562. The van der Waals surface area contributed by atoms with Gasteiger partial charge in [0.05, 0.1) is 0 Å². The average Bonchev–Trinajstić information content (AvgIpc) is 3.21. The number of thiophene rings is 1. The molecule has 1 unspecified atom stereocenters. The predicted molar refractivity (Wildman–Crippen MR) is 90.7 cm³/mol. The predicted octanol–water partition coefficient (Wildman–Crippen LogP) is 2.37. The van der Waals surface area contributed by atoms with E-state index in [0.717, 1.165) is 12.8 Å². The Bertz CT molecular complexity index is 660. The summed E-state index contributed by atoms with van der Waals surface area (Å²) in [7, 11) is -3.42. The van der Waals surface area contributed by atoms with Crippen LogP contribution in [-0.2, 0) is 14.8 Å². The zero-order valence-corrected chi connectivity index (χ0v) is 14.6. The first-order valence-corrected chi connectivity index (χ1v) is 10.4. The van der Waals surface area contributed by atoms with Crippen LogP contribution in [0.25, 0.3) is 0 Å². The summed E-state index contributed by atoms with van der Waals surface area (Å²) < 4.78 is 27.6. The van der Waals surface area contributed by atoms with Crippen LogP contribution in [-0.4, -0.2) is 38.4 Å². The second-order valence-electron chi connectivity index (χ2n) is 6.18. The summed E-state index contributed by atoms with van der Waals surface area (Å²) in [5.74, 6) is 0.582. The third kappa shape index (κ3) is 4.22. The first-order valence-electron chi connectivity index (χ1n) is 8.05. The molecule has 1 aromatic heterocycles. The fourth-order valence-corrected chi connectivity index (χ4v) is 5.47. The van der Waals surface area contributed by atoms with Gasteiger partial charge in [0.15, 0.2) is 0 Å². The molecule has 0 aromatic carbocycles. The van der Waals surface area contributed by atoms with E-state index in [-0.39, 0.29) is 11.9 Å². The molecule has 126 valence electrons. The van der Waals surface area contributed by atoms with Crippen LogP contribution in [0.1, 0.15) is 32.1 Å². The maximum absolute atomic E-state index is 12.3. The second-order valence-corrected chi connectivity index (χ2v) is 9.07. The lowest BCUT2D eigenvalue weighted by molar-refractivity contribution is -0.132. The Morgan fingerprint density at radius 1 is 1.30 bits per heavy atom. The van der Waals surface area contributed by atoms with Gasteiger partial charge in [0.2, 0.25) is 15.9 Å². The molecule has 1 fully saturated rings. The Kier molecular flexibility index (Phi) is 5.18. The van der Waals surface area contributed by atoms with Gasteiger partial charge in [-0.3, -0.25) is 4.79 Å². The molecule has 1 aromatic rings. The van der Waals surface area contributed by atoms with Gasteiger partial charge in [0, 0.05) is 25.6 Å². The standard InChI is InChI=1S/C16H22N2O3S2/c19-15(12-13-4-1-2-5-13)18-9-7-14(8-10-18)17-23(20,21)16-6-3-11-22-16/h1,3-4,6,11,13-14,17H,2,5,7-10,12H2. The molecule has 1 atom stereocenters. The molecule has 7 heteroatoms. The Labute approximate surface area is 141 Å². The third-order valence-electron chi connectivity index (χ3n) is 4.48. The molecule has 0 spiro atoms. The van der Waals surface area contributed by atoms with Gasteiger partial charge in [-0.1, -0.05) is 18.2 Å². The molecule has 1 N–H and O–H groups in total. The van der Waals surface area contributed by atoms with Gasteiger partial charge in [0.25, 0.3) is 0 Å². The van der Waals surface area contributed by atoms with Crippen LogP contribution in [0.3, 0.4) is 0 Å². The van der Waals surface area contributed by atoms with E-state index in [1.54, 1.807) is 17.5 Å². The second kappa shape index (κ2) is 7.15. The van der Waals surface area contributed by atoms with Gasteiger partial charge in [-0.2, -0.15) is 0 Å². The van der Waals surface area contributed by atoms with Gasteiger partial charge in [0.1, 0.15) is 4.21 Å². The topological polar surface area (TPSA) is 66.5 Å². The number of likely N-dealkylation sites (tertiary alicyclic amines) is 1. The largest absolute Gasteiger partial charge is 0.343 e. The SMILES string of the molecule is O=C(CC1C=CCC1)N1CCC(NS(=O)(=O)c2cccs2)CC1. The minimum atomic E-state index is -3.42. The lowest BCUT2D eigenvalue weighted by Crippen LogP contribution is -2.46. The molecule has 0 radical (unpaired) electrons. The lowest BCUT2D eigenvalue weighted by atomic mass is 10.0. The highest BCUT2D eigenvalue weighted by Crippen LogP contribution is 2.23. The normalized spacial score (nSPS) is 22.6. The number of carbonyl (C=O) groups is 1. The van der Waals surface area contributed by atoms with E-state index in [1.807, 2.05) is 4.90 Å². The van der Waals surface area contributed by atoms with E-state index < -0.39 is 10.0 Å². The Hall–Kier alpha value is -1.18. The number of hydrogen-bond acceptors (Lipinski definition) is 4. The van der Waals surface area contributed by atoms with Crippen molar-refractivity contribution in [2.24, 2.45) is 5.92 Å². The molecule has 1 aliphatic heterocycles. The maximum Gasteiger partial charge on any atom is 0.250 e. The molecule has 1 aliphatic carbocycles. The number of allylic oxidation sites excluding steroid dienone is 2. The minimum Gasteiger partial charge on any atom is -0.343 e.